The van der Waals surface area contributed by atoms with Crippen molar-refractivity contribution in [2.45, 2.75) is 19.4 Å². The van der Waals surface area contributed by atoms with Gasteiger partial charge in [0.2, 0.25) is 0 Å². The molecule has 0 spiro atoms. The highest BCUT2D eigenvalue weighted by molar-refractivity contribution is 5.83. The van der Waals surface area contributed by atoms with Gasteiger partial charge in [0.1, 0.15) is 0 Å². The molecule has 2 aromatic rings. The Labute approximate surface area is 100.0 Å². The Hall–Kier alpha value is -1.97. The fraction of sp³-hybridized carbons (Fsp3) is 0.308. The molecule has 0 unspecified atom stereocenters. The van der Waals surface area contributed by atoms with Crippen LogP contribution in [0.2, 0.25) is 0 Å². The van der Waals surface area contributed by atoms with Crippen molar-refractivity contribution in [1.29, 1.82) is 0 Å². The molecule has 0 radical (unpaired) electrons. The number of ether oxygens (including phenoxy) is 1. The minimum Gasteiger partial charge on any atom is -0.453 e. The largest absolute Gasteiger partial charge is 0.453 e. The second-order valence-corrected chi connectivity index (χ2v) is 4.10. The van der Waals surface area contributed by atoms with Crippen molar-refractivity contribution in [3.05, 3.63) is 36.0 Å². The van der Waals surface area contributed by atoms with Gasteiger partial charge < -0.3 is 15.0 Å². The van der Waals surface area contributed by atoms with Crippen LogP contribution in [0.5, 0.6) is 0 Å². The Morgan fingerprint density at radius 1 is 1.47 bits per heavy atom. The number of carbonyl (C=O) groups excluding carboxylic acids is 1. The number of benzene rings is 1. The van der Waals surface area contributed by atoms with Crippen molar-refractivity contribution in [1.82, 2.24) is 10.3 Å². The number of rotatable bonds is 3. The first-order valence-corrected chi connectivity index (χ1v) is 5.60. The van der Waals surface area contributed by atoms with E-state index in [1.807, 2.05) is 31.3 Å². The average molecular weight is 232 g/mol. The van der Waals surface area contributed by atoms with Crippen LogP contribution in [0.4, 0.5) is 4.79 Å². The third-order valence-electron chi connectivity index (χ3n) is 2.75. The molecule has 0 aliphatic heterocycles. The van der Waals surface area contributed by atoms with E-state index in [1.165, 1.54) is 18.1 Å². The second kappa shape index (κ2) is 4.91. The molecule has 1 aromatic heterocycles. The lowest BCUT2D eigenvalue weighted by Gasteiger charge is -2.11. The van der Waals surface area contributed by atoms with Gasteiger partial charge in [0.05, 0.1) is 7.11 Å². The number of fused-ring (bicyclic) bond motifs is 1. The predicted octanol–water partition coefficient (Wildman–Crippen LogP) is 2.45. The quantitative estimate of drug-likeness (QED) is 0.854. The number of aromatic amines is 1. The lowest BCUT2D eigenvalue weighted by molar-refractivity contribution is 0.167. The highest BCUT2D eigenvalue weighted by Gasteiger charge is 2.10. The maximum atomic E-state index is 11.1. The van der Waals surface area contributed by atoms with Gasteiger partial charge in [-0.05, 0) is 25.0 Å². The first-order chi connectivity index (χ1) is 8.20. The number of alkyl carbamates (subject to hydrolysis) is 1. The molecule has 4 heteroatoms. The predicted molar refractivity (Wildman–Crippen MR) is 67.0 cm³/mol. The molecule has 0 fully saturated rings. The van der Waals surface area contributed by atoms with E-state index in [2.05, 4.69) is 21.1 Å². The summed E-state index contributed by atoms with van der Waals surface area (Å²) in [4.78, 5) is 14.3. The van der Waals surface area contributed by atoms with Crippen LogP contribution < -0.4 is 5.32 Å². The van der Waals surface area contributed by atoms with E-state index in [9.17, 15) is 4.79 Å². The summed E-state index contributed by atoms with van der Waals surface area (Å²) in [6.45, 7) is 1.96. The highest BCUT2D eigenvalue weighted by atomic mass is 16.5. The third-order valence-corrected chi connectivity index (χ3v) is 2.75. The molecule has 2 N–H and O–H groups in total. The highest BCUT2D eigenvalue weighted by Crippen LogP contribution is 2.18. The van der Waals surface area contributed by atoms with Crippen molar-refractivity contribution in [2.75, 3.05) is 7.11 Å². The number of methoxy groups -OCH3 is 1. The molecule has 1 amide bonds. The van der Waals surface area contributed by atoms with Gasteiger partial charge in [0.15, 0.2) is 0 Å². The average Bonchev–Trinajstić information content (AvgIpc) is 2.72. The third kappa shape index (κ3) is 2.58. The van der Waals surface area contributed by atoms with Crippen LogP contribution in [0.1, 0.15) is 12.5 Å². The van der Waals surface area contributed by atoms with Crippen LogP contribution >= 0.6 is 0 Å². The molecule has 1 heterocycles. The Morgan fingerprint density at radius 3 is 3.00 bits per heavy atom. The number of nitrogens with one attached hydrogen (secondary N) is 2. The van der Waals surface area contributed by atoms with Crippen LogP contribution in [-0.2, 0) is 11.2 Å². The number of carbonyl (C=O) groups is 1. The number of H-pyrrole nitrogens is 1. The molecule has 0 saturated carbocycles. The summed E-state index contributed by atoms with van der Waals surface area (Å²) in [6.07, 6.45) is 2.37. The number of aromatic nitrogens is 1. The summed E-state index contributed by atoms with van der Waals surface area (Å²) < 4.78 is 4.57. The van der Waals surface area contributed by atoms with Crippen LogP contribution in [0.25, 0.3) is 10.9 Å². The fourth-order valence-corrected chi connectivity index (χ4v) is 1.94. The van der Waals surface area contributed by atoms with E-state index in [1.54, 1.807) is 0 Å². The van der Waals surface area contributed by atoms with Gasteiger partial charge in [0.25, 0.3) is 0 Å². The first kappa shape index (κ1) is 11.5. The minimum absolute atomic E-state index is 0.0432. The zero-order valence-corrected chi connectivity index (χ0v) is 9.99. The Morgan fingerprint density at radius 2 is 2.24 bits per heavy atom. The lowest BCUT2D eigenvalue weighted by Crippen LogP contribution is -2.33. The summed E-state index contributed by atoms with van der Waals surface area (Å²) in [5, 5.41) is 3.96. The van der Waals surface area contributed by atoms with E-state index in [-0.39, 0.29) is 6.04 Å². The first-order valence-electron chi connectivity index (χ1n) is 5.60. The van der Waals surface area contributed by atoms with Crippen molar-refractivity contribution >= 4 is 17.0 Å². The number of hydrogen-bond donors (Lipinski definition) is 2. The molecular formula is C13H16N2O2. The summed E-state index contributed by atoms with van der Waals surface area (Å²) in [5.74, 6) is 0. The SMILES string of the molecule is COC(=O)N[C@@H](C)Cc1c[nH]c2ccccc12. The van der Waals surface area contributed by atoms with Crippen LogP contribution in [0, 0.1) is 0 Å². The summed E-state index contributed by atoms with van der Waals surface area (Å²) >= 11 is 0. The van der Waals surface area contributed by atoms with Gasteiger partial charge >= 0.3 is 6.09 Å². The van der Waals surface area contributed by atoms with Crippen LogP contribution in [0.15, 0.2) is 30.5 Å². The lowest BCUT2D eigenvalue weighted by atomic mass is 10.1. The Bertz CT molecular complexity index is 519. The van der Waals surface area contributed by atoms with E-state index >= 15 is 0 Å². The fourth-order valence-electron chi connectivity index (χ4n) is 1.94. The topological polar surface area (TPSA) is 54.1 Å². The van der Waals surface area contributed by atoms with Crippen LogP contribution in [-0.4, -0.2) is 24.2 Å². The molecule has 0 aliphatic carbocycles. The van der Waals surface area contributed by atoms with Crippen molar-refractivity contribution in [2.24, 2.45) is 0 Å². The normalized spacial score (nSPS) is 12.4. The summed E-state index contributed by atoms with van der Waals surface area (Å²) in [6, 6.07) is 8.17. The molecule has 90 valence electrons. The van der Waals surface area contributed by atoms with E-state index in [0.717, 1.165) is 11.9 Å². The maximum absolute atomic E-state index is 11.1. The van der Waals surface area contributed by atoms with E-state index in [0.29, 0.717) is 0 Å². The minimum atomic E-state index is -0.391. The summed E-state index contributed by atoms with van der Waals surface area (Å²) in [7, 11) is 1.37. The molecule has 0 aliphatic rings. The Balaban J connectivity index is 2.10. The molecule has 0 saturated heterocycles. The molecule has 0 bridgehead atoms. The molecular weight excluding hydrogens is 216 g/mol. The smallest absolute Gasteiger partial charge is 0.407 e. The van der Waals surface area contributed by atoms with Gasteiger partial charge in [-0.2, -0.15) is 0 Å². The van der Waals surface area contributed by atoms with Gasteiger partial charge in [-0.25, -0.2) is 4.79 Å². The van der Waals surface area contributed by atoms with Gasteiger partial charge in [0, 0.05) is 23.1 Å². The van der Waals surface area contributed by atoms with Crippen molar-refractivity contribution in [3.8, 4) is 0 Å². The van der Waals surface area contributed by atoms with Crippen LogP contribution in [0.3, 0.4) is 0 Å². The van der Waals surface area contributed by atoms with Gasteiger partial charge in [-0.3, -0.25) is 0 Å². The number of para-hydroxylation sites is 1. The van der Waals surface area contributed by atoms with Gasteiger partial charge in [-0.1, -0.05) is 18.2 Å². The Kier molecular flexibility index (Phi) is 3.32. The van der Waals surface area contributed by atoms with Crippen molar-refractivity contribution < 1.29 is 9.53 Å². The standard InChI is InChI=1S/C13H16N2O2/c1-9(15-13(16)17-2)7-10-8-14-12-6-4-3-5-11(10)12/h3-6,8-9,14H,7H2,1-2H3,(H,15,16)/t9-/m0/s1. The molecule has 4 nitrogen and oxygen atoms in total. The second-order valence-electron chi connectivity index (χ2n) is 4.10. The maximum Gasteiger partial charge on any atom is 0.407 e. The van der Waals surface area contributed by atoms with Gasteiger partial charge in [-0.15, -0.1) is 0 Å². The zero-order chi connectivity index (χ0) is 12.3. The molecule has 17 heavy (non-hydrogen) atoms. The van der Waals surface area contributed by atoms with Crippen molar-refractivity contribution in [3.63, 3.8) is 0 Å². The molecule has 2 rings (SSSR count). The zero-order valence-electron chi connectivity index (χ0n) is 9.99. The molecule has 1 aromatic carbocycles. The number of amides is 1. The monoisotopic (exact) mass is 232 g/mol. The number of hydrogen-bond acceptors (Lipinski definition) is 2. The summed E-state index contributed by atoms with van der Waals surface area (Å²) in [5.41, 5.74) is 2.32. The molecule has 1 atom stereocenters. The van der Waals surface area contributed by atoms with E-state index in [4.69, 9.17) is 0 Å². The van der Waals surface area contributed by atoms with E-state index < -0.39 is 6.09 Å².